The van der Waals surface area contributed by atoms with E-state index in [2.05, 4.69) is 30.5 Å². The van der Waals surface area contributed by atoms with Crippen molar-refractivity contribution in [2.24, 2.45) is 0 Å². The smallest absolute Gasteiger partial charge is 0.381 e. The summed E-state index contributed by atoms with van der Waals surface area (Å²) in [6.45, 7) is 2.96. The molecule has 0 aliphatic carbocycles. The van der Waals surface area contributed by atoms with Crippen LogP contribution < -0.4 is 10.6 Å². The number of anilines is 1. The number of halogens is 3. The van der Waals surface area contributed by atoms with Crippen molar-refractivity contribution in [2.45, 2.75) is 43.8 Å². The van der Waals surface area contributed by atoms with E-state index in [0.29, 0.717) is 44.5 Å². The molecule has 2 fully saturated rings. The van der Waals surface area contributed by atoms with E-state index < -0.39 is 11.7 Å². The molecule has 38 heavy (non-hydrogen) atoms. The minimum absolute atomic E-state index is 0.161. The van der Waals surface area contributed by atoms with Gasteiger partial charge in [-0.05, 0) is 42.7 Å². The van der Waals surface area contributed by atoms with Crippen LogP contribution in [-0.2, 0) is 27.1 Å². The Kier molecular flexibility index (Phi) is 8.01. The number of alkyl halides is 3. The molecule has 5 rings (SSSR count). The number of benzene rings is 1. The average Bonchev–Trinajstić information content (AvgIpc) is 3.33. The van der Waals surface area contributed by atoms with Crippen molar-refractivity contribution in [3.05, 3.63) is 60.2 Å². The first-order chi connectivity index (χ1) is 18.4. The van der Waals surface area contributed by atoms with Gasteiger partial charge in [0, 0.05) is 50.1 Å². The highest BCUT2D eigenvalue weighted by Gasteiger charge is 2.38. The van der Waals surface area contributed by atoms with Crippen LogP contribution in [0.4, 0.5) is 19.0 Å². The van der Waals surface area contributed by atoms with Gasteiger partial charge in [-0.25, -0.2) is 9.97 Å². The third kappa shape index (κ3) is 6.37. The first-order valence-electron chi connectivity index (χ1n) is 12.5. The summed E-state index contributed by atoms with van der Waals surface area (Å²) in [7, 11) is 0. The summed E-state index contributed by atoms with van der Waals surface area (Å²) in [5.41, 5.74) is 0.486. The molecule has 1 amide bonds. The van der Waals surface area contributed by atoms with E-state index in [1.807, 2.05) is 12.1 Å². The minimum Gasteiger partial charge on any atom is -0.381 e. The highest BCUT2D eigenvalue weighted by Crippen LogP contribution is 2.32. The second-order valence-corrected chi connectivity index (χ2v) is 9.49. The fraction of sp³-hybridized carbons (Fsp3) is 0.462. The Hall–Kier alpha value is -3.35. The van der Waals surface area contributed by atoms with E-state index in [1.165, 1.54) is 12.4 Å². The highest BCUT2D eigenvalue weighted by atomic mass is 19.4. The van der Waals surface area contributed by atoms with Gasteiger partial charge in [0.15, 0.2) is 0 Å². The van der Waals surface area contributed by atoms with Crippen molar-refractivity contribution < 1.29 is 27.4 Å². The molecule has 2 aliphatic heterocycles. The lowest BCUT2D eigenvalue weighted by atomic mass is 10.1. The van der Waals surface area contributed by atoms with Gasteiger partial charge in [-0.1, -0.05) is 6.07 Å². The first-order valence-corrected chi connectivity index (χ1v) is 12.5. The van der Waals surface area contributed by atoms with E-state index in [9.17, 15) is 18.0 Å². The van der Waals surface area contributed by atoms with Crippen LogP contribution in [0, 0.1) is 0 Å². The number of rotatable bonds is 8. The van der Waals surface area contributed by atoms with Crippen molar-refractivity contribution in [2.75, 3.05) is 38.2 Å². The van der Waals surface area contributed by atoms with Gasteiger partial charge in [-0.3, -0.25) is 14.7 Å². The van der Waals surface area contributed by atoms with Crippen LogP contribution >= 0.6 is 0 Å². The Balaban J connectivity index is 1.24. The molecule has 1 aromatic carbocycles. The zero-order chi connectivity index (χ0) is 26.5. The molecular formula is C26H29F3N6O3. The standard InChI is InChI=1S/C26H29F3N6O3/c27-26(28,29)18-3-4-21-20(10-18)25(33-16-32-21)31-12-24(36)34-22-13-35(19-5-8-37-9-6-19)14-23(22)38-15-17-2-1-7-30-11-17/h1-4,7,10-11,16,19,22-23H,5-6,8-9,12-15H2,(H,34,36)(H,31,32,33)/t22?,23-/m0/s1. The van der Waals surface area contributed by atoms with E-state index >= 15 is 0 Å². The summed E-state index contributed by atoms with van der Waals surface area (Å²) in [5.74, 6) is -0.145. The van der Waals surface area contributed by atoms with Gasteiger partial charge in [-0.2, -0.15) is 13.2 Å². The van der Waals surface area contributed by atoms with Crippen LogP contribution in [0.3, 0.4) is 0 Å². The highest BCUT2D eigenvalue weighted by molar-refractivity contribution is 5.91. The number of carbonyl (C=O) groups excluding carboxylic acids is 1. The van der Waals surface area contributed by atoms with Gasteiger partial charge in [-0.15, -0.1) is 0 Å². The molecule has 4 heterocycles. The SMILES string of the molecule is O=C(CNc1ncnc2ccc(C(F)(F)F)cc12)NC1CN(C2CCOCC2)C[C@@H]1OCc1cccnc1. The van der Waals surface area contributed by atoms with E-state index in [4.69, 9.17) is 9.47 Å². The maximum absolute atomic E-state index is 13.2. The monoisotopic (exact) mass is 530 g/mol. The molecule has 202 valence electrons. The van der Waals surface area contributed by atoms with Gasteiger partial charge in [0.05, 0.1) is 36.4 Å². The predicted molar refractivity (Wildman–Crippen MR) is 133 cm³/mol. The summed E-state index contributed by atoms with van der Waals surface area (Å²) in [5, 5.41) is 6.12. The van der Waals surface area contributed by atoms with Crippen LogP contribution in [-0.4, -0.2) is 76.8 Å². The molecule has 0 spiro atoms. The number of pyridine rings is 1. The second kappa shape index (κ2) is 11.6. The van der Waals surface area contributed by atoms with Crippen LogP contribution in [0.25, 0.3) is 10.9 Å². The van der Waals surface area contributed by atoms with Crippen LogP contribution in [0.1, 0.15) is 24.0 Å². The largest absolute Gasteiger partial charge is 0.416 e. The number of amides is 1. The quantitative estimate of drug-likeness (QED) is 0.459. The third-order valence-electron chi connectivity index (χ3n) is 6.91. The lowest BCUT2D eigenvalue weighted by Gasteiger charge is -2.30. The fourth-order valence-electron chi connectivity index (χ4n) is 4.94. The number of hydrogen-bond donors (Lipinski definition) is 2. The van der Waals surface area contributed by atoms with Crippen molar-refractivity contribution >= 4 is 22.6 Å². The Morgan fingerprint density at radius 3 is 2.76 bits per heavy atom. The number of fused-ring (bicyclic) bond motifs is 1. The van der Waals surface area contributed by atoms with E-state index in [-0.39, 0.29) is 35.8 Å². The summed E-state index contributed by atoms with van der Waals surface area (Å²) >= 11 is 0. The summed E-state index contributed by atoms with van der Waals surface area (Å²) in [4.78, 5) is 27.5. The number of nitrogens with one attached hydrogen (secondary N) is 2. The molecule has 2 saturated heterocycles. The summed E-state index contributed by atoms with van der Waals surface area (Å²) in [6.07, 6.45) is 1.84. The zero-order valence-corrected chi connectivity index (χ0v) is 20.7. The number of ether oxygens (including phenoxy) is 2. The van der Waals surface area contributed by atoms with E-state index in [1.54, 1.807) is 12.4 Å². The Morgan fingerprint density at radius 1 is 1.16 bits per heavy atom. The molecule has 0 radical (unpaired) electrons. The molecule has 0 saturated carbocycles. The fourth-order valence-corrected chi connectivity index (χ4v) is 4.94. The lowest BCUT2D eigenvalue weighted by molar-refractivity contribution is -0.137. The van der Waals surface area contributed by atoms with Crippen molar-refractivity contribution in [3.8, 4) is 0 Å². The number of likely N-dealkylation sites (tertiary alicyclic amines) is 1. The van der Waals surface area contributed by atoms with Gasteiger partial charge in [0.2, 0.25) is 5.91 Å². The number of hydrogen-bond acceptors (Lipinski definition) is 8. The Morgan fingerprint density at radius 2 is 2.00 bits per heavy atom. The third-order valence-corrected chi connectivity index (χ3v) is 6.91. The Labute approximate surface area is 217 Å². The molecule has 2 atom stereocenters. The molecule has 2 aromatic heterocycles. The zero-order valence-electron chi connectivity index (χ0n) is 20.7. The molecule has 0 bridgehead atoms. The van der Waals surface area contributed by atoms with Gasteiger partial charge < -0.3 is 20.1 Å². The number of carbonyl (C=O) groups is 1. The minimum atomic E-state index is -4.50. The second-order valence-electron chi connectivity index (χ2n) is 9.49. The summed E-state index contributed by atoms with van der Waals surface area (Å²) < 4.78 is 51.3. The van der Waals surface area contributed by atoms with Gasteiger partial charge in [0.1, 0.15) is 12.1 Å². The maximum Gasteiger partial charge on any atom is 0.416 e. The van der Waals surface area contributed by atoms with Crippen molar-refractivity contribution in [3.63, 3.8) is 0 Å². The summed E-state index contributed by atoms with van der Waals surface area (Å²) in [6, 6.07) is 7.15. The first kappa shape index (κ1) is 26.3. The topological polar surface area (TPSA) is 102 Å². The average molecular weight is 531 g/mol. The van der Waals surface area contributed by atoms with Crippen LogP contribution in [0.5, 0.6) is 0 Å². The lowest BCUT2D eigenvalue weighted by Crippen LogP contribution is -2.46. The van der Waals surface area contributed by atoms with E-state index in [0.717, 1.165) is 30.5 Å². The molecule has 12 heteroatoms. The molecule has 9 nitrogen and oxygen atoms in total. The molecule has 1 unspecified atom stereocenters. The van der Waals surface area contributed by atoms with Crippen LogP contribution in [0.2, 0.25) is 0 Å². The Bertz CT molecular complexity index is 1240. The van der Waals surface area contributed by atoms with Crippen molar-refractivity contribution in [1.29, 1.82) is 0 Å². The molecule has 2 N–H and O–H groups in total. The number of nitrogens with zero attached hydrogens (tertiary/aromatic N) is 4. The van der Waals surface area contributed by atoms with Gasteiger partial charge in [0.25, 0.3) is 0 Å². The normalized spacial score (nSPS) is 21.0. The van der Waals surface area contributed by atoms with Gasteiger partial charge >= 0.3 is 6.18 Å². The molecule has 2 aliphatic rings. The molecule has 3 aromatic rings. The molecular weight excluding hydrogens is 501 g/mol. The predicted octanol–water partition coefficient (Wildman–Crippen LogP) is 3.02. The van der Waals surface area contributed by atoms with Crippen molar-refractivity contribution in [1.82, 2.24) is 25.2 Å². The van der Waals surface area contributed by atoms with Crippen LogP contribution in [0.15, 0.2) is 49.1 Å². The maximum atomic E-state index is 13.2. The number of aromatic nitrogens is 3.